The van der Waals surface area contributed by atoms with Gasteiger partial charge in [-0.25, -0.2) is 0 Å². The van der Waals surface area contributed by atoms with Crippen molar-refractivity contribution in [3.8, 4) is 0 Å². The summed E-state index contributed by atoms with van der Waals surface area (Å²) in [6.45, 7) is 4.54. The highest BCUT2D eigenvalue weighted by molar-refractivity contribution is 5.82. The molecule has 0 bridgehead atoms. The predicted molar refractivity (Wildman–Crippen MR) is 138 cm³/mol. The van der Waals surface area contributed by atoms with Crippen LogP contribution in [0, 0.1) is 0 Å². The summed E-state index contributed by atoms with van der Waals surface area (Å²) in [4.78, 5) is 12.1. The Morgan fingerprint density at radius 1 is 0.484 bits per heavy atom. The van der Waals surface area contributed by atoms with Crippen molar-refractivity contribution in [2.24, 2.45) is 0 Å². The molecule has 0 radical (unpaired) electrons. The molecule has 0 saturated carbocycles. The standard InChI is InChI=1S/C29H58O2/c1-3-5-7-9-11-13-15-17-19-21-23-25-27-29(31)28(30)26-24-22-20-18-16-14-12-10-8-6-4-2/h28,30H,3-27H2,1-2H3. The van der Waals surface area contributed by atoms with Gasteiger partial charge >= 0.3 is 0 Å². The summed E-state index contributed by atoms with van der Waals surface area (Å²) in [6, 6.07) is 0. The molecule has 0 aliphatic heterocycles. The minimum absolute atomic E-state index is 0.0826. The summed E-state index contributed by atoms with van der Waals surface area (Å²) in [5.74, 6) is 0.0826. The Hall–Kier alpha value is -0.370. The van der Waals surface area contributed by atoms with E-state index in [9.17, 15) is 9.90 Å². The molecule has 0 spiro atoms. The normalized spacial score (nSPS) is 12.4. The van der Waals surface area contributed by atoms with Crippen LogP contribution in [0.25, 0.3) is 0 Å². The van der Waals surface area contributed by atoms with Crippen LogP contribution in [0.3, 0.4) is 0 Å². The second kappa shape index (κ2) is 25.9. The van der Waals surface area contributed by atoms with Gasteiger partial charge in [-0.3, -0.25) is 4.79 Å². The van der Waals surface area contributed by atoms with E-state index in [0.29, 0.717) is 12.8 Å². The van der Waals surface area contributed by atoms with Gasteiger partial charge in [-0.05, 0) is 12.8 Å². The average molecular weight is 439 g/mol. The van der Waals surface area contributed by atoms with Gasteiger partial charge < -0.3 is 5.11 Å². The van der Waals surface area contributed by atoms with Crippen molar-refractivity contribution < 1.29 is 9.90 Å². The molecule has 2 heteroatoms. The fourth-order valence-electron chi connectivity index (χ4n) is 4.47. The second-order valence-corrected chi connectivity index (χ2v) is 9.95. The van der Waals surface area contributed by atoms with Crippen molar-refractivity contribution in [3.63, 3.8) is 0 Å². The molecular weight excluding hydrogens is 380 g/mol. The number of Topliss-reactive ketones (excluding diaryl/α,β-unsaturated/α-hetero) is 1. The molecule has 0 amide bonds. The van der Waals surface area contributed by atoms with Crippen molar-refractivity contribution in [2.75, 3.05) is 0 Å². The lowest BCUT2D eigenvalue weighted by atomic mass is 10.00. The van der Waals surface area contributed by atoms with Crippen molar-refractivity contribution in [1.82, 2.24) is 0 Å². The number of carbonyl (C=O) groups excluding carboxylic acids is 1. The summed E-state index contributed by atoms with van der Waals surface area (Å²) < 4.78 is 0. The van der Waals surface area contributed by atoms with E-state index in [1.165, 1.54) is 128 Å². The van der Waals surface area contributed by atoms with Gasteiger partial charge in [0.15, 0.2) is 5.78 Å². The van der Waals surface area contributed by atoms with Crippen LogP contribution >= 0.6 is 0 Å². The zero-order valence-corrected chi connectivity index (χ0v) is 21.6. The smallest absolute Gasteiger partial charge is 0.161 e. The third-order valence-corrected chi connectivity index (χ3v) is 6.73. The SMILES string of the molecule is CCCCCCCCCCCCCCC(=O)C(O)CCCCCCCCCCCCC. The lowest BCUT2D eigenvalue weighted by molar-refractivity contribution is -0.127. The number of aliphatic hydroxyl groups is 1. The van der Waals surface area contributed by atoms with E-state index in [1.807, 2.05) is 0 Å². The first-order chi connectivity index (χ1) is 15.2. The second-order valence-electron chi connectivity index (χ2n) is 9.95. The number of hydrogen-bond donors (Lipinski definition) is 1. The third kappa shape index (κ3) is 24.1. The highest BCUT2D eigenvalue weighted by atomic mass is 16.3. The molecule has 2 nitrogen and oxygen atoms in total. The van der Waals surface area contributed by atoms with Crippen LogP contribution in [0.2, 0.25) is 0 Å². The molecule has 31 heavy (non-hydrogen) atoms. The molecule has 0 aromatic carbocycles. The average Bonchev–Trinajstić information content (AvgIpc) is 2.77. The van der Waals surface area contributed by atoms with Crippen molar-refractivity contribution >= 4 is 5.78 Å². The highest BCUT2D eigenvalue weighted by Crippen LogP contribution is 2.15. The Balaban J connectivity index is 3.30. The quantitative estimate of drug-likeness (QED) is 0.136. The topological polar surface area (TPSA) is 37.3 Å². The number of ketones is 1. The fraction of sp³-hybridized carbons (Fsp3) is 0.966. The molecule has 0 aliphatic rings. The van der Waals surface area contributed by atoms with Gasteiger partial charge in [0, 0.05) is 6.42 Å². The fourth-order valence-corrected chi connectivity index (χ4v) is 4.47. The zero-order chi connectivity index (χ0) is 22.8. The number of hydrogen-bond acceptors (Lipinski definition) is 2. The molecule has 0 aromatic heterocycles. The van der Waals surface area contributed by atoms with Crippen LogP contribution in [0.4, 0.5) is 0 Å². The molecule has 1 unspecified atom stereocenters. The molecule has 0 saturated heterocycles. The maximum absolute atomic E-state index is 12.1. The van der Waals surface area contributed by atoms with E-state index in [0.717, 1.165) is 19.3 Å². The predicted octanol–water partition coefficient (Wildman–Crippen LogP) is 9.71. The molecule has 1 N–H and O–H groups in total. The van der Waals surface area contributed by atoms with E-state index < -0.39 is 6.10 Å². The first kappa shape index (κ1) is 30.6. The van der Waals surface area contributed by atoms with E-state index in [1.54, 1.807) is 0 Å². The lowest BCUT2D eigenvalue weighted by Gasteiger charge is -2.09. The van der Waals surface area contributed by atoms with Crippen molar-refractivity contribution in [1.29, 1.82) is 0 Å². The van der Waals surface area contributed by atoms with E-state index in [2.05, 4.69) is 13.8 Å². The van der Waals surface area contributed by atoms with Crippen molar-refractivity contribution in [3.05, 3.63) is 0 Å². The summed E-state index contributed by atoms with van der Waals surface area (Å²) in [5, 5.41) is 10.1. The highest BCUT2D eigenvalue weighted by Gasteiger charge is 2.13. The van der Waals surface area contributed by atoms with Gasteiger partial charge in [-0.2, -0.15) is 0 Å². The minimum atomic E-state index is -0.703. The van der Waals surface area contributed by atoms with Gasteiger partial charge in [0.1, 0.15) is 6.10 Å². The number of unbranched alkanes of at least 4 members (excludes halogenated alkanes) is 21. The minimum Gasteiger partial charge on any atom is -0.385 e. The number of rotatable bonds is 26. The van der Waals surface area contributed by atoms with E-state index >= 15 is 0 Å². The van der Waals surface area contributed by atoms with Crippen LogP contribution in [0.1, 0.15) is 174 Å². The molecule has 186 valence electrons. The van der Waals surface area contributed by atoms with Crippen molar-refractivity contribution in [2.45, 2.75) is 180 Å². The molecule has 1 atom stereocenters. The maximum atomic E-state index is 12.1. The number of carbonyl (C=O) groups is 1. The molecule has 0 fully saturated rings. The van der Waals surface area contributed by atoms with E-state index in [-0.39, 0.29) is 5.78 Å². The molecule has 0 rings (SSSR count). The van der Waals surface area contributed by atoms with Gasteiger partial charge in [-0.1, -0.05) is 155 Å². The Labute approximate surface area is 196 Å². The molecule has 0 aliphatic carbocycles. The Morgan fingerprint density at radius 3 is 1.13 bits per heavy atom. The largest absolute Gasteiger partial charge is 0.385 e. The molecule has 0 heterocycles. The first-order valence-electron chi connectivity index (χ1n) is 14.4. The van der Waals surface area contributed by atoms with Crippen LogP contribution < -0.4 is 0 Å². The first-order valence-corrected chi connectivity index (χ1v) is 14.4. The third-order valence-electron chi connectivity index (χ3n) is 6.73. The molecular formula is C29H58O2. The summed E-state index contributed by atoms with van der Waals surface area (Å²) in [5.41, 5.74) is 0. The number of aliphatic hydroxyl groups excluding tert-OH is 1. The Bertz CT molecular complexity index is 353. The van der Waals surface area contributed by atoms with Gasteiger partial charge in [-0.15, -0.1) is 0 Å². The molecule has 0 aromatic rings. The van der Waals surface area contributed by atoms with Gasteiger partial charge in [0.05, 0.1) is 0 Å². The van der Waals surface area contributed by atoms with Crippen LogP contribution in [-0.2, 0) is 4.79 Å². The van der Waals surface area contributed by atoms with Crippen LogP contribution in [0.5, 0.6) is 0 Å². The van der Waals surface area contributed by atoms with Gasteiger partial charge in [0.2, 0.25) is 0 Å². The lowest BCUT2D eigenvalue weighted by Crippen LogP contribution is -2.19. The summed E-state index contributed by atoms with van der Waals surface area (Å²) in [7, 11) is 0. The zero-order valence-electron chi connectivity index (χ0n) is 21.6. The van der Waals surface area contributed by atoms with Gasteiger partial charge in [0.25, 0.3) is 0 Å². The van der Waals surface area contributed by atoms with E-state index in [4.69, 9.17) is 0 Å². The van der Waals surface area contributed by atoms with Crippen LogP contribution in [-0.4, -0.2) is 17.0 Å². The summed E-state index contributed by atoms with van der Waals surface area (Å²) in [6.07, 6.45) is 30.7. The maximum Gasteiger partial charge on any atom is 0.161 e. The summed E-state index contributed by atoms with van der Waals surface area (Å²) >= 11 is 0. The monoisotopic (exact) mass is 438 g/mol. The Morgan fingerprint density at radius 2 is 0.774 bits per heavy atom. The van der Waals surface area contributed by atoms with Crippen LogP contribution in [0.15, 0.2) is 0 Å². The Kier molecular flexibility index (Phi) is 25.6.